The number of hydrogen-bond donors (Lipinski definition) is 1. The van der Waals surface area contributed by atoms with Crippen molar-refractivity contribution in [1.82, 2.24) is 0 Å². The maximum absolute atomic E-state index is 11.4. The van der Waals surface area contributed by atoms with Gasteiger partial charge in [-0.05, 0) is 31.0 Å². The van der Waals surface area contributed by atoms with E-state index >= 15 is 0 Å². The average molecular weight is 285 g/mol. The predicted molar refractivity (Wildman–Crippen MR) is 73.4 cm³/mol. The van der Waals surface area contributed by atoms with Gasteiger partial charge in [0.15, 0.2) is 9.84 Å². The molecule has 0 saturated carbocycles. The molecule has 19 heavy (non-hydrogen) atoms. The van der Waals surface area contributed by atoms with E-state index in [0.717, 1.165) is 5.56 Å². The first-order chi connectivity index (χ1) is 9.04. The van der Waals surface area contributed by atoms with Crippen molar-refractivity contribution in [3.05, 3.63) is 23.8 Å². The van der Waals surface area contributed by atoms with Crippen LogP contribution >= 0.6 is 0 Å². The predicted octanol–water partition coefficient (Wildman–Crippen LogP) is 0.762. The van der Waals surface area contributed by atoms with Gasteiger partial charge < -0.3 is 15.2 Å². The van der Waals surface area contributed by atoms with Gasteiger partial charge in [0.2, 0.25) is 0 Å². The first-order valence-corrected chi connectivity index (χ1v) is 8.10. The van der Waals surface area contributed by atoms with E-state index in [0.29, 0.717) is 30.9 Å². The molecule has 0 radical (unpaired) electrons. The van der Waals surface area contributed by atoms with Gasteiger partial charge in [-0.3, -0.25) is 0 Å². The fourth-order valence-corrected chi connectivity index (χ4v) is 3.76. The van der Waals surface area contributed by atoms with Gasteiger partial charge in [0.1, 0.15) is 17.6 Å². The molecule has 1 atom stereocenters. The van der Waals surface area contributed by atoms with Gasteiger partial charge in [-0.1, -0.05) is 6.07 Å². The van der Waals surface area contributed by atoms with Gasteiger partial charge in [-0.25, -0.2) is 8.42 Å². The average Bonchev–Trinajstić information content (AvgIpc) is 2.71. The van der Waals surface area contributed by atoms with Crippen molar-refractivity contribution in [1.29, 1.82) is 0 Å². The second-order valence-electron chi connectivity index (χ2n) is 4.66. The third kappa shape index (κ3) is 3.61. The molecule has 0 amide bonds. The first kappa shape index (κ1) is 14.1. The molecular weight excluding hydrogens is 266 g/mol. The van der Waals surface area contributed by atoms with Gasteiger partial charge in [-0.15, -0.1) is 0 Å². The Hall–Kier alpha value is -1.27. The summed E-state index contributed by atoms with van der Waals surface area (Å²) < 4.78 is 33.9. The summed E-state index contributed by atoms with van der Waals surface area (Å²) in [6.07, 6.45) is 0.967. The number of rotatable bonds is 5. The Kier molecular flexibility index (Phi) is 4.31. The molecule has 1 saturated heterocycles. The van der Waals surface area contributed by atoms with E-state index in [2.05, 4.69) is 0 Å². The molecule has 1 unspecified atom stereocenters. The second-order valence-corrected chi connectivity index (χ2v) is 6.88. The highest BCUT2D eigenvalue weighted by Crippen LogP contribution is 2.28. The summed E-state index contributed by atoms with van der Waals surface area (Å²) in [7, 11) is -1.35. The van der Waals surface area contributed by atoms with Gasteiger partial charge >= 0.3 is 0 Å². The third-order valence-electron chi connectivity index (χ3n) is 3.17. The Morgan fingerprint density at radius 2 is 2.21 bits per heavy atom. The SMILES string of the molecule is COc1ccc(CCN)c(OC2CCS(=O)(=O)C2)c1. The molecule has 2 N–H and O–H groups in total. The van der Waals surface area contributed by atoms with Gasteiger partial charge in [0, 0.05) is 6.07 Å². The molecule has 0 aromatic heterocycles. The van der Waals surface area contributed by atoms with Crippen LogP contribution in [0.1, 0.15) is 12.0 Å². The van der Waals surface area contributed by atoms with Crippen molar-refractivity contribution >= 4 is 9.84 Å². The van der Waals surface area contributed by atoms with Crippen LogP contribution in [0, 0.1) is 0 Å². The Bertz CT molecular complexity index is 542. The fraction of sp³-hybridized carbons (Fsp3) is 0.538. The van der Waals surface area contributed by atoms with E-state index in [9.17, 15) is 8.42 Å². The smallest absolute Gasteiger partial charge is 0.154 e. The first-order valence-electron chi connectivity index (χ1n) is 6.28. The third-order valence-corrected chi connectivity index (χ3v) is 4.91. The molecule has 5 nitrogen and oxygen atoms in total. The van der Waals surface area contributed by atoms with E-state index in [4.69, 9.17) is 15.2 Å². The van der Waals surface area contributed by atoms with E-state index in [1.807, 2.05) is 12.1 Å². The number of hydrogen-bond acceptors (Lipinski definition) is 5. The molecule has 0 spiro atoms. The number of methoxy groups -OCH3 is 1. The lowest BCUT2D eigenvalue weighted by molar-refractivity contribution is 0.225. The minimum atomic E-state index is -2.94. The van der Waals surface area contributed by atoms with Crippen LogP contribution in [0.4, 0.5) is 0 Å². The van der Waals surface area contributed by atoms with Gasteiger partial charge in [0.05, 0.1) is 18.6 Å². The van der Waals surface area contributed by atoms with Crippen LogP contribution in [0.5, 0.6) is 11.5 Å². The fourth-order valence-electron chi connectivity index (χ4n) is 2.17. The zero-order chi connectivity index (χ0) is 13.9. The molecule has 1 heterocycles. The summed E-state index contributed by atoms with van der Waals surface area (Å²) in [5.41, 5.74) is 6.55. The number of benzene rings is 1. The number of nitrogens with two attached hydrogens (primary N) is 1. The van der Waals surface area contributed by atoms with E-state index < -0.39 is 9.84 Å². The molecule has 0 aliphatic carbocycles. The Balaban J connectivity index is 2.17. The van der Waals surface area contributed by atoms with Crippen LogP contribution in [-0.4, -0.2) is 39.7 Å². The van der Waals surface area contributed by atoms with E-state index in [-0.39, 0.29) is 17.6 Å². The molecule has 6 heteroatoms. The lowest BCUT2D eigenvalue weighted by Gasteiger charge is -2.16. The largest absolute Gasteiger partial charge is 0.497 e. The summed E-state index contributed by atoms with van der Waals surface area (Å²) >= 11 is 0. The topological polar surface area (TPSA) is 78.6 Å². The molecule has 1 aromatic carbocycles. The lowest BCUT2D eigenvalue weighted by atomic mass is 10.1. The van der Waals surface area contributed by atoms with Crippen molar-refractivity contribution in [2.24, 2.45) is 5.73 Å². The second kappa shape index (κ2) is 5.79. The summed E-state index contributed by atoms with van der Waals surface area (Å²) in [6.45, 7) is 0.519. The van der Waals surface area contributed by atoms with Gasteiger partial charge in [0.25, 0.3) is 0 Å². The Morgan fingerprint density at radius 3 is 2.79 bits per heavy atom. The summed E-state index contributed by atoms with van der Waals surface area (Å²) in [5, 5.41) is 0. The Labute approximate surface area is 113 Å². The van der Waals surface area contributed by atoms with Crippen LogP contribution in [0.3, 0.4) is 0 Å². The van der Waals surface area contributed by atoms with Crippen molar-refractivity contribution in [3.63, 3.8) is 0 Å². The highest BCUT2D eigenvalue weighted by Gasteiger charge is 2.29. The summed E-state index contributed by atoms with van der Waals surface area (Å²) in [6, 6.07) is 5.55. The molecule has 106 valence electrons. The van der Waals surface area contributed by atoms with Crippen molar-refractivity contribution in [2.45, 2.75) is 18.9 Å². The van der Waals surface area contributed by atoms with Crippen LogP contribution in [0.25, 0.3) is 0 Å². The van der Waals surface area contributed by atoms with E-state index in [1.165, 1.54) is 0 Å². The molecule has 1 aromatic rings. The monoisotopic (exact) mass is 285 g/mol. The zero-order valence-electron chi connectivity index (χ0n) is 11.0. The van der Waals surface area contributed by atoms with Crippen LogP contribution in [-0.2, 0) is 16.3 Å². The zero-order valence-corrected chi connectivity index (χ0v) is 11.8. The van der Waals surface area contributed by atoms with Crippen molar-refractivity contribution in [3.8, 4) is 11.5 Å². The summed E-state index contributed by atoms with van der Waals surface area (Å²) in [4.78, 5) is 0. The van der Waals surface area contributed by atoms with Crippen molar-refractivity contribution < 1.29 is 17.9 Å². The highest BCUT2D eigenvalue weighted by atomic mass is 32.2. The van der Waals surface area contributed by atoms with Gasteiger partial charge in [-0.2, -0.15) is 0 Å². The Morgan fingerprint density at radius 1 is 1.42 bits per heavy atom. The molecule has 1 aliphatic heterocycles. The molecule has 2 rings (SSSR count). The molecule has 1 aliphatic rings. The summed E-state index contributed by atoms with van der Waals surface area (Å²) in [5.74, 6) is 1.66. The maximum atomic E-state index is 11.4. The quantitative estimate of drug-likeness (QED) is 0.864. The number of sulfone groups is 1. The highest BCUT2D eigenvalue weighted by molar-refractivity contribution is 7.91. The maximum Gasteiger partial charge on any atom is 0.154 e. The van der Waals surface area contributed by atoms with E-state index in [1.54, 1.807) is 13.2 Å². The van der Waals surface area contributed by atoms with Crippen LogP contribution in [0.15, 0.2) is 18.2 Å². The minimum absolute atomic E-state index is 0.0896. The normalized spacial score (nSPS) is 21.3. The molecule has 1 fully saturated rings. The van der Waals surface area contributed by atoms with Crippen LogP contribution < -0.4 is 15.2 Å². The lowest BCUT2D eigenvalue weighted by Crippen LogP contribution is -2.19. The standard InChI is InChI=1S/C13H19NO4S/c1-17-11-3-2-10(4-6-14)13(8-11)18-12-5-7-19(15,16)9-12/h2-3,8,12H,4-7,9,14H2,1H3. The molecule has 0 bridgehead atoms. The minimum Gasteiger partial charge on any atom is -0.497 e. The van der Waals surface area contributed by atoms with Crippen LogP contribution in [0.2, 0.25) is 0 Å². The van der Waals surface area contributed by atoms with Crippen molar-refractivity contribution in [2.75, 3.05) is 25.2 Å². The number of ether oxygens (including phenoxy) is 2. The molecular formula is C13H19NO4S.